The van der Waals surface area contributed by atoms with Crippen LogP contribution in [-0.2, 0) is 0 Å². The maximum Gasteiger partial charge on any atom is 0.264 e. The fraction of sp³-hybridized carbons (Fsp3) is 0.667. The minimum Gasteiger partial charge on any atom is -0.392 e. The zero-order valence-electron chi connectivity index (χ0n) is 12.5. The van der Waals surface area contributed by atoms with E-state index in [1.165, 1.54) is 0 Å². The number of aliphatic hydroxyl groups excluding tert-OH is 1. The summed E-state index contributed by atoms with van der Waals surface area (Å²) in [4.78, 5) is 17.6. The van der Waals surface area contributed by atoms with Gasteiger partial charge < -0.3 is 10.0 Å². The highest BCUT2D eigenvalue weighted by Crippen LogP contribution is 2.26. The molecule has 0 aromatic carbocycles. The summed E-state index contributed by atoms with van der Waals surface area (Å²) in [5, 5.41) is 11.4. The van der Waals surface area contributed by atoms with Gasteiger partial charge in [-0.1, -0.05) is 13.8 Å². The summed E-state index contributed by atoms with van der Waals surface area (Å²) in [7, 11) is 0. The van der Waals surface area contributed by atoms with Gasteiger partial charge in [-0.2, -0.15) is 0 Å². The second kappa shape index (κ2) is 6.70. The smallest absolute Gasteiger partial charge is 0.264 e. The van der Waals surface area contributed by atoms with Gasteiger partial charge in [0.2, 0.25) is 0 Å². The Hall–Kier alpha value is -0.910. The third-order valence-electron chi connectivity index (χ3n) is 3.69. The Balaban J connectivity index is 1.96. The lowest BCUT2D eigenvalue weighted by Gasteiger charge is -2.35. The Labute approximate surface area is 125 Å². The molecule has 1 N–H and O–H groups in total. The van der Waals surface area contributed by atoms with Crippen molar-refractivity contribution in [3.63, 3.8) is 0 Å². The van der Waals surface area contributed by atoms with Crippen LogP contribution >= 0.6 is 11.3 Å². The van der Waals surface area contributed by atoms with Crippen molar-refractivity contribution >= 4 is 17.2 Å². The number of thiophene rings is 1. The van der Waals surface area contributed by atoms with E-state index in [0.29, 0.717) is 12.5 Å². The highest BCUT2D eigenvalue weighted by molar-refractivity contribution is 7.12. The van der Waals surface area contributed by atoms with Gasteiger partial charge in [-0.15, -0.1) is 11.3 Å². The number of β-amino-alcohol motifs (C(OH)–C–C–N with tert-alkyl or cyclic N) is 1. The average Bonchev–Trinajstić information content (AvgIpc) is 2.87. The maximum absolute atomic E-state index is 12.6. The molecule has 0 saturated carbocycles. The summed E-state index contributed by atoms with van der Waals surface area (Å²) >= 11 is 1.55. The second-order valence-electron chi connectivity index (χ2n) is 5.80. The molecule has 5 heteroatoms. The van der Waals surface area contributed by atoms with Gasteiger partial charge in [0.1, 0.15) is 0 Å². The lowest BCUT2D eigenvalue weighted by Crippen LogP contribution is -2.50. The molecule has 0 radical (unpaired) electrons. The SMILES string of the molecule is CC(O)CN1CCN(C(=O)c2sccc2C(C)C)CC1. The molecule has 20 heavy (non-hydrogen) atoms. The average molecular weight is 296 g/mol. The van der Waals surface area contributed by atoms with E-state index in [9.17, 15) is 9.90 Å². The Kier molecular flexibility index (Phi) is 5.18. The molecule has 2 heterocycles. The fourth-order valence-corrected chi connectivity index (χ4v) is 3.62. The Bertz CT molecular complexity index is 448. The predicted molar refractivity (Wildman–Crippen MR) is 82.4 cm³/mol. The number of hydrogen-bond acceptors (Lipinski definition) is 4. The van der Waals surface area contributed by atoms with Crippen LogP contribution in [0.3, 0.4) is 0 Å². The van der Waals surface area contributed by atoms with E-state index in [-0.39, 0.29) is 12.0 Å². The predicted octanol–water partition coefficient (Wildman–Crippen LogP) is 2.01. The fourth-order valence-electron chi connectivity index (χ4n) is 2.60. The van der Waals surface area contributed by atoms with Crippen LogP contribution in [-0.4, -0.2) is 59.6 Å². The third-order valence-corrected chi connectivity index (χ3v) is 4.61. The second-order valence-corrected chi connectivity index (χ2v) is 6.72. The molecule has 0 bridgehead atoms. The minimum atomic E-state index is -0.304. The normalized spacial score (nSPS) is 18.6. The quantitative estimate of drug-likeness (QED) is 0.924. The van der Waals surface area contributed by atoms with Gasteiger partial charge in [0.25, 0.3) is 5.91 Å². The summed E-state index contributed by atoms with van der Waals surface area (Å²) in [6.45, 7) is 9.94. The number of carbonyl (C=O) groups excluding carboxylic acids is 1. The van der Waals surface area contributed by atoms with Crippen LogP contribution in [0.15, 0.2) is 11.4 Å². The summed E-state index contributed by atoms with van der Waals surface area (Å²) in [6.07, 6.45) is -0.304. The molecule has 2 rings (SSSR count). The van der Waals surface area contributed by atoms with Crippen molar-refractivity contribution in [2.75, 3.05) is 32.7 Å². The summed E-state index contributed by atoms with van der Waals surface area (Å²) in [5.41, 5.74) is 1.16. The standard InChI is InChI=1S/C15H24N2O2S/c1-11(2)13-4-9-20-14(13)15(19)17-7-5-16(6-8-17)10-12(3)18/h4,9,11-12,18H,5-8,10H2,1-3H3. The topological polar surface area (TPSA) is 43.8 Å². The number of hydrogen-bond donors (Lipinski definition) is 1. The van der Waals surface area contributed by atoms with Crippen molar-refractivity contribution in [2.45, 2.75) is 32.8 Å². The van der Waals surface area contributed by atoms with Crippen molar-refractivity contribution in [2.24, 2.45) is 0 Å². The largest absolute Gasteiger partial charge is 0.392 e. The molecule has 112 valence electrons. The minimum absolute atomic E-state index is 0.167. The van der Waals surface area contributed by atoms with Gasteiger partial charge in [0.05, 0.1) is 11.0 Å². The first kappa shape index (κ1) is 15.5. The van der Waals surface area contributed by atoms with Crippen LogP contribution < -0.4 is 0 Å². The van der Waals surface area contributed by atoms with Crippen molar-refractivity contribution in [1.82, 2.24) is 9.80 Å². The van der Waals surface area contributed by atoms with Crippen molar-refractivity contribution in [3.8, 4) is 0 Å². The molecule has 1 aromatic rings. The molecule has 1 aliphatic heterocycles. The Morgan fingerprint density at radius 2 is 1.95 bits per heavy atom. The Morgan fingerprint density at radius 3 is 2.50 bits per heavy atom. The molecule has 1 atom stereocenters. The first-order chi connectivity index (χ1) is 9.49. The molecule has 1 unspecified atom stereocenters. The lowest BCUT2D eigenvalue weighted by molar-refractivity contribution is 0.0557. The van der Waals surface area contributed by atoms with E-state index in [2.05, 4.69) is 24.8 Å². The van der Waals surface area contributed by atoms with E-state index >= 15 is 0 Å². The molecule has 1 aliphatic rings. The molecule has 4 nitrogen and oxygen atoms in total. The molecule has 0 aliphatic carbocycles. The monoisotopic (exact) mass is 296 g/mol. The number of aliphatic hydroxyl groups is 1. The van der Waals surface area contributed by atoms with Crippen LogP contribution in [0.2, 0.25) is 0 Å². The molecular weight excluding hydrogens is 272 g/mol. The van der Waals surface area contributed by atoms with Gasteiger partial charge in [-0.3, -0.25) is 9.69 Å². The molecule has 1 saturated heterocycles. The van der Waals surface area contributed by atoms with Gasteiger partial charge in [-0.05, 0) is 29.9 Å². The van der Waals surface area contributed by atoms with Gasteiger partial charge in [0.15, 0.2) is 0 Å². The zero-order valence-corrected chi connectivity index (χ0v) is 13.3. The Morgan fingerprint density at radius 1 is 1.30 bits per heavy atom. The van der Waals surface area contributed by atoms with Crippen LogP contribution in [0.5, 0.6) is 0 Å². The van der Waals surface area contributed by atoms with Gasteiger partial charge in [0, 0.05) is 32.7 Å². The summed E-state index contributed by atoms with van der Waals surface area (Å²) in [5.74, 6) is 0.553. The maximum atomic E-state index is 12.6. The van der Waals surface area contributed by atoms with Crippen LogP contribution in [0.1, 0.15) is 41.9 Å². The summed E-state index contributed by atoms with van der Waals surface area (Å²) < 4.78 is 0. The number of piperazine rings is 1. The highest BCUT2D eigenvalue weighted by Gasteiger charge is 2.25. The summed E-state index contributed by atoms with van der Waals surface area (Å²) in [6, 6.07) is 2.06. The molecule has 1 amide bonds. The van der Waals surface area contributed by atoms with Crippen LogP contribution in [0, 0.1) is 0 Å². The molecular formula is C15H24N2O2S. The molecule has 1 fully saturated rings. The van der Waals surface area contributed by atoms with Crippen molar-refractivity contribution in [1.29, 1.82) is 0 Å². The molecule has 0 spiro atoms. The van der Waals surface area contributed by atoms with E-state index in [1.54, 1.807) is 18.3 Å². The number of nitrogens with zero attached hydrogens (tertiary/aromatic N) is 2. The highest BCUT2D eigenvalue weighted by atomic mass is 32.1. The van der Waals surface area contributed by atoms with E-state index in [1.807, 2.05) is 10.3 Å². The van der Waals surface area contributed by atoms with E-state index < -0.39 is 0 Å². The number of carbonyl (C=O) groups is 1. The zero-order chi connectivity index (χ0) is 14.7. The lowest BCUT2D eigenvalue weighted by atomic mass is 10.0. The number of amides is 1. The van der Waals surface area contributed by atoms with Crippen molar-refractivity contribution in [3.05, 3.63) is 21.9 Å². The van der Waals surface area contributed by atoms with E-state index in [0.717, 1.165) is 36.6 Å². The van der Waals surface area contributed by atoms with Gasteiger partial charge >= 0.3 is 0 Å². The van der Waals surface area contributed by atoms with Gasteiger partial charge in [-0.25, -0.2) is 0 Å². The van der Waals surface area contributed by atoms with Crippen molar-refractivity contribution < 1.29 is 9.90 Å². The third kappa shape index (κ3) is 3.59. The van der Waals surface area contributed by atoms with Crippen LogP contribution in [0.25, 0.3) is 0 Å². The first-order valence-corrected chi connectivity index (χ1v) is 8.14. The molecule has 1 aromatic heterocycles. The van der Waals surface area contributed by atoms with E-state index in [4.69, 9.17) is 0 Å². The van der Waals surface area contributed by atoms with Crippen LogP contribution in [0.4, 0.5) is 0 Å². The first-order valence-electron chi connectivity index (χ1n) is 7.26. The number of rotatable bonds is 4.